The lowest BCUT2D eigenvalue weighted by atomic mass is 10.0. The number of nitrogens with zero attached hydrogens (tertiary/aromatic N) is 3. The molecule has 4 rings (SSSR count). The maximum Gasteiger partial charge on any atom is 0.275 e. The van der Waals surface area contributed by atoms with Gasteiger partial charge >= 0.3 is 0 Å². The minimum absolute atomic E-state index is 0.307. The van der Waals surface area contributed by atoms with Gasteiger partial charge in [0, 0.05) is 18.3 Å². The van der Waals surface area contributed by atoms with Crippen molar-refractivity contribution in [3.8, 4) is 0 Å². The fourth-order valence-corrected chi connectivity index (χ4v) is 3.09. The van der Waals surface area contributed by atoms with Gasteiger partial charge in [-0.25, -0.2) is 4.98 Å². The average Bonchev–Trinajstić information content (AvgIpc) is 3.06. The van der Waals surface area contributed by atoms with Crippen LogP contribution in [0.3, 0.4) is 0 Å². The third-order valence-corrected chi connectivity index (χ3v) is 4.27. The largest absolute Gasteiger partial charge is 0.360 e. The number of carbonyl (C=O) groups is 1. The van der Waals surface area contributed by atoms with E-state index < -0.39 is 0 Å². The van der Waals surface area contributed by atoms with E-state index in [1.807, 2.05) is 12.1 Å². The summed E-state index contributed by atoms with van der Waals surface area (Å²) < 4.78 is 4.94. The van der Waals surface area contributed by atoms with Gasteiger partial charge in [0.25, 0.3) is 5.91 Å². The Labute approximate surface area is 145 Å². The van der Waals surface area contributed by atoms with Crippen LogP contribution >= 0.6 is 0 Å². The number of aryl methyl sites for hydroxylation is 2. The zero-order chi connectivity index (χ0) is 17.2. The van der Waals surface area contributed by atoms with Crippen molar-refractivity contribution in [2.45, 2.75) is 19.8 Å². The van der Waals surface area contributed by atoms with Crippen LogP contribution in [0.5, 0.6) is 0 Å². The number of anilines is 3. The first kappa shape index (κ1) is 15.4. The Morgan fingerprint density at radius 1 is 1.24 bits per heavy atom. The number of fused-ring (bicyclic) bond motifs is 1. The molecule has 3 heterocycles. The molecule has 0 unspecified atom stereocenters. The summed E-state index contributed by atoms with van der Waals surface area (Å²) in [4.78, 5) is 18.8. The first-order chi connectivity index (χ1) is 12.2. The number of pyridine rings is 1. The van der Waals surface area contributed by atoms with E-state index in [0.29, 0.717) is 17.3 Å². The Bertz CT molecular complexity index is 902. The highest BCUT2D eigenvalue weighted by Crippen LogP contribution is 2.32. The van der Waals surface area contributed by atoms with Gasteiger partial charge in [0.05, 0.1) is 11.9 Å². The first-order valence-electron chi connectivity index (χ1n) is 8.27. The highest BCUT2D eigenvalue weighted by Gasteiger charge is 2.18. The SMILES string of the molecule is Cc1cc(NC(=O)c2ccc(N3CCCc4ccccc43)cn2)no1. The van der Waals surface area contributed by atoms with Gasteiger partial charge in [0.1, 0.15) is 11.5 Å². The van der Waals surface area contributed by atoms with Crippen LogP contribution in [0.1, 0.15) is 28.2 Å². The molecule has 0 radical (unpaired) electrons. The van der Waals surface area contributed by atoms with Crippen molar-refractivity contribution in [3.63, 3.8) is 0 Å². The second-order valence-electron chi connectivity index (χ2n) is 6.06. The van der Waals surface area contributed by atoms with Crippen LogP contribution in [0.4, 0.5) is 17.2 Å². The highest BCUT2D eigenvalue weighted by atomic mass is 16.5. The molecule has 0 spiro atoms. The van der Waals surface area contributed by atoms with Gasteiger partial charge in [-0.2, -0.15) is 0 Å². The zero-order valence-corrected chi connectivity index (χ0v) is 13.9. The molecule has 2 aromatic heterocycles. The molecule has 0 saturated heterocycles. The van der Waals surface area contributed by atoms with Crippen LogP contribution in [0.25, 0.3) is 0 Å². The minimum Gasteiger partial charge on any atom is -0.360 e. The molecule has 3 aromatic rings. The summed E-state index contributed by atoms with van der Waals surface area (Å²) in [5.74, 6) is 0.722. The summed E-state index contributed by atoms with van der Waals surface area (Å²) in [7, 11) is 0. The topological polar surface area (TPSA) is 71.3 Å². The molecule has 0 bridgehead atoms. The second-order valence-corrected chi connectivity index (χ2v) is 6.06. The maximum absolute atomic E-state index is 12.2. The monoisotopic (exact) mass is 334 g/mol. The molecule has 6 heteroatoms. The van der Waals surface area contributed by atoms with E-state index in [2.05, 4.69) is 38.6 Å². The summed E-state index contributed by atoms with van der Waals surface area (Å²) >= 11 is 0. The molecule has 1 aliphatic heterocycles. The van der Waals surface area contributed by atoms with Crippen molar-refractivity contribution in [1.82, 2.24) is 10.1 Å². The first-order valence-corrected chi connectivity index (χ1v) is 8.27. The standard InChI is InChI=1S/C19H18N4O2/c1-13-11-18(22-25-13)21-19(24)16-9-8-15(12-20-16)23-10-4-6-14-5-2-3-7-17(14)23/h2-3,5,7-9,11-12H,4,6,10H2,1H3,(H,21,22,24). The summed E-state index contributed by atoms with van der Waals surface area (Å²) in [6, 6.07) is 13.7. The summed E-state index contributed by atoms with van der Waals surface area (Å²) in [6.07, 6.45) is 3.94. The number of nitrogens with one attached hydrogen (secondary N) is 1. The molecular weight excluding hydrogens is 316 g/mol. The fourth-order valence-electron chi connectivity index (χ4n) is 3.09. The van der Waals surface area contributed by atoms with Crippen LogP contribution in [0, 0.1) is 6.92 Å². The van der Waals surface area contributed by atoms with Gasteiger partial charge in [0.15, 0.2) is 5.82 Å². The minimum atomic E-state index is -0.307. The molecule has 6 nitrogen and oxygen atoms in total. The van der Waals surface area contributed by atoms with Crippen LogP contribution in [-0.4, -0.2) is 22.6 Å². The Balaban J connectivity index is 1.54. The predicted molar refractivity (Wildman–Crippen MR) is 95.2 cm³/mol. The second kappa shape index (κ2) is 6.39. The summed E-state index contributed by atoms with van der Waals surface area (Å²) in [5.41, 5.74) is 3.89. The molecule has 1 aliphatic rings. The Hall–Kier alpha value is -3.15. The third kappa shape index (κ3) is 3.10. The van der Waals surface area contributed by atoms with Crippen LogP contribution < -0.4 is 10.2 Å². The van der Waals surface area contributed by atoms with E-state index in [-0.39, 0.29) is 5.91 Å². The lowest BCUT2D eigenvalue weighted by Crippen LogP contribution is -2.24. The lowest BCUT2D eigenvalue weighted by molar-refractivity contribution is 0.102. The molecule has 0 fully saturated rings. The Morgan fingerprint density at radius 2 is 2.12 bits per heavy atom. The fraction of sp³-hybridized carbons (Fsp3) is 0.211. The molecule has 0 saturated carbocycles. The molecule has 126 valence electrons. The van der Waals surface area contributed by atoms with E-state index in [9.17, 15) is 4.79 Å². The Morgan fingerprint density at radius 3 is 2.88 bits per heavy atom. The normalized spacial score (nSPS) is 13.4. The number of aromatic nitrogens is 2. The van der Waals surface area contributed by atoms with Crippen molar-refractivity contribution < 1.29 is 9.32 Å². The van der Waals surface area contributed by atoms with Gasteiger partial charge < -0.3 is 14.7 Å². The van der Waals surface area contributed by atoms with Gasteiger partial charge in [-0.1, -0.05) is 23.4 Å². The average molecular weight is 334 g/mol. The maximum atomic E-state index is 12.2. The van der Waals surface area contributed by atoms with Gasteiger partial charge in [-0.3, -0.25) is 4.79 Å². The van der Waals surface area contributed by atoms with Crippen LogP contribution in [-0.2, 0) is 6.42 Å². The van der Waals surface area contributed by atoms with Crippen LogP contribution in [0.15, 0.2) is 53.2 Å². The van der Waals surface area contributed by atoms with Gasteiger partial charge in [-0.05, 0) is 43.5 Å². The van der Waals surface area contributed by atoms with Crippen molar-refractivity contribution >= 4 is 23.1 Å². The number of benzene rings is 1. The van der Waals surface area contributed by atoms with E-state index in [0.717, 1.165) is 25.1 Å². The van der Waals surface area contributed by atoms with E-state index in [4.69, 9.17) is 4.52 Å². The third-order valence-electron chi connectivity index (χ3n) is 4.27. The van der Waals surface area contributed by atoms with E-state index in [1.54, 1.807) is 25.3 Å². The van der Waals surface area contributed by atoms with Crippen molar-refractivity contribution in [3.05, 3.63) is 65.7 Å². The summed E-state index contributed by atoms with van der Waals surface area (Å²) in [5, 5.41) is 6.43. The van der Waals surface area contributed by atoms with E-state index >= 15 is 0 Å². The van der Waals surface area contributed by atoms with Crippen molar-refractivity contribution in [2.24, 2.45) is 0 Å². The highest BCUT2D eigenvalue weighted by molar-refractivity contribution is 6.02. The lowest BCUT2D eigenvalue weighted by Gasteiger charge is -2.31. The number of para-hydroxylation sites is 1. The number of amides is 1. The quantitative estimate of drug-likeness (QED) is 0.790. The summed E-state index contributed by atoms with van der Waals surface area (Å²) in [6.45, 7) is 2.72. The van der Waals surface area contributed by atoms with Crippen molar-refractivity contribution in [2.75, 3.05) is 16.8 Å². The predicted octanol–water partition coefficient (Wildman–Crippen LogP) is 3.71. The number of carbonyl (C=O) groups excluding carboxylic acids is 1. The molecule has 1 amide bonds. The molecule has 1 aromatic carbocycles. The van der Waals surface area contributed by atoms with Gasteiger partial charge in [-0.15, -0.1) is 0 Å². The molecule has 25 heavy (non-hydrogen) atoms. The number of rotatable bonds is 3. The number of hydrogen-bond donors (Lipinski definition) is 1. The smallest absolute Gasteiger partial charge is 0.275 e. The molecule has 1 N–H and O–H groups in total. The van der Waals surface area contributed by atoms with Gasteiger partial charge in [0.2, 0.25) is 0 Å². The van der Waals surface area contributed by atoms with E-state index in [1.165, 1.54) is 11.3 Å². The van der Waals surface area contributed by atoms with Crippen LogP contribution in [0.2, 0.25) is 0 Å². The molecule has 0 aliphatic carbocycles. The Kier molecular flexibility index (Phi) is 3.93. The number of hydrogen-bond acceptors (Lipinski definition) is 5. The molecule has 0 atom stereocenters. The zero-order valence-electron chi connectivity index (χ0n) is 13.9. The van der Waals surface area contributed by atoms with Crippen molar-refractivity contribution in [1.29, 1.82) is 0 Å². The molecular formula is C19H18N4O2.